The molecule has 0 saturated heterocycles. The van der Waals surface area contributed by atoms with E-state index in [0.29, 0.717) is 17.1 Å². The molecule has 0 bridgehead atoms. The van der Waals surface area contributed by atoms with Crippen LogP contribution in [0.2, 0.25) is 5.02 Å². The summed E-state index contributed by atoms with van der Waals surface area (Å²) >= 11 is 5.76. The Balaban J connectivity index is 1.74. The lowest BCUT2D eigenvalue weighted by Crippen LogP contribution is -2.07. The summed E-state index contributed by atoms with van der Waals surface area (Å²) in [6, 6.07) is 11.2. The maximum Gasteiger partial charge on any atom is 0.247 e. The van der Waals surface area contributed by atoms with Gasteiger partial charge in [-0.1, -0.05) is 24.2 Å². The Morgan fingerprint density at radius 1 is 1.04 bits per heavy atom. The molecule has 1 heterocycles. The first kappa shape index (κ1) is 18.3. The van der Waals surface area contributed by atoms with Crippen LogP contribution in [0.3, 0.4) is 0 Å². The monoisotopic (exact) mass is 384 g/mol. The minimum absolute atomic E-state index is 0.00853. The minimum atomic E-state index is -0.511. The quantitative estimate of drug-likeness (QED) is 0.549. The molecule has 7 nitrogen and oxygen atoms in total. The van der Waals surface area contributed by atoms with Crippen LogP contribution in [0.25, 0.3) is 0 Å². The fourth-order valence-corrected chi connectivity index (χ4v) is 2.30. The summed E-state index contributed by atoms with van der Waals surface area (Å²) in [5.74, 6) is -0.278. The van der Waals surface area contributed by atoms with Gasteiger partial charge in [-0.25, -0.2) is 14.4 Å². The van der Waals surface area contributed by atoms with Crippen LogP contribution < -0.4 is 16.0 Å². The molecule has 2 aromatic carbocycles. The fraction of sp³-hybridized carbons (Fsp3) is 0. The lowest BCUT2D eigenvalue weighted by atomic mass is 10.2. The number of carbonyl (C=O) groups is 1. The van der Waals surface area contributed by atoms with Gasteiger partial charge in [0.15, 0.2) is 0 Å². The van der Waals surface area contributed by atoms with Crippen molar-refractivity contribution in [3.63, 3.8) is 0 Å². The van der Waals surface area contributed by atoms with E-state index in [-0.39, 0.29) is 22.8 Å². The molecule has 0 unspecified atom stereocenters. The first-order valence-corrected chi connectivity index (χ1v) is 8.13. The second-order valence-corrected chi connectivity index (χ2v) is 5.69. The van der Waals surface area contributed by atoms with Crippen molar-refractivity contribution >= 4 is 46.5 Å². The summed E-state index contributed by atoms with van der Waals surface area (Å²) in [5.41, 5.74) is 1.80. The van der Waals surface area contributed by atoms with E-state index in [2.05, 4.69) is 37.5 Å². The van der Waals surface area contributed by atoms with Gasteiger partial charge in [-0.15, -0.1) is 0 Å². The van der Waals surface area contributed by atoms with E-state index in [9.17, 15) is 9.18 Å². The highest BCUT2D eigenvalue weighted by molar-refractivity contribution is 6.31. The van der Waals surface area contributed by atoms with Gasteiger partial charge in [0.2, 0.25) is 17.8 Å². The Morgan fingerprint density at radius 3 is 2.37 bits per heavy atom. The van der Waals surface area contributed by atoms with Gasteiger partial charge < -0.3 is 16.0 Å². The van der Waals surface area contributed by atoms with E-state index in [0.717, 1.165) is 0 Å². The number of hydrogen-bond acceptors (Lipinski definition) is 6. The Bertz CT molecular complexity index is 997. The summed E-state index contributed by atoms with van der Waals surface area (Å²) < 4.78 is 13.2. The highest BCUT2D eigenvalue weighted by atomic mass is 35.5. The van der Waals surface area contributed by atoms with Gasteiger partial charge >= 0.3 is 0 Å². The van der Waals surface area contributed by atoms with Crippen LogP contribution in [0.4, 0.5) is 33.3 Å². The Hall–Kier alpha value is -3.52. The number of halogens is 2. The third-order valence-corrected chi connectivity index (χ3v) is 3.61. The number of carbonyl (C=O) groups excluding carboxylic acids is 1. The predicted molar refractivity (Wildman–Crippen MR) is 103 cm³/mol. The van der Waals surface area contributed by atoms with Gasteiger partial charge in [-0.05, 0) is 42.5 Å². The standard InChI is InChI=1S/C18H14ClFN6O/c1-2-16(27)23-11-4-3-5-12(8-11)24-17-21-10-22-18(26-17)25-13-6-7-15(20)14(19)9-13/h2-10H,1H2,(H,23,27)(H2,21,22,24,25,26). The van der Waals surface area contributed by atoms with Crippen molar-refractivity contribution in [3.05, 3.63) is 72.3 Å². The molecule has 0 aliphatic carbocycles. The molecule has 0 aliphatic heterocycles. The van der Waals surface area contributed by atoms with Crippen LogP contribution in [0, 0.1) is 5.82 Å². The molecule has 0 spiro atoms. The number of amides is 1. The zero-order valence-electron chi connectivity index (χ0n) is 13.9. The molecule has 0 aliphatic rings. The fourth-order valence-electron chi connectivity index (χ4n) is 2.12. The van der Waals surface area contributed by atoms with E-state index >= 15 is 0 Å². The van der Waals surface area contributed by atoms with Crippen molar-refractivity contribution in [2.24, 2.45) is 0 Å². The first-order chi connectivity index (χ1) is 13.0. The topological polar surface area (TPSA) is 91.8 Å². The Labute approximate surface area is 159 Å². The molecule has 27 heavy (non-hydrogen) atoms. The van der Waals surface area contributed by atoms with Gasteiger partial charge in [0.25, 0.3) is 0 Å². The van der Waals surface area contributed by atoms with Crippen molar-refractivity contribution in [1.82, 2.24) is 15.0 Å². The van der Waals surface area contributed by atoms with Crippen molar-refractivity contribution in [2.75, 3.05) is 16.0 Å². The maximum atomic E-state index is 13.2. The molecule has 0 saturated carbocycles. The number of nitrogens with one attached hydrogen (secondary N) is 3. The molecule has 0 atom stereocenters. The number of benzene rings is 2. The molecule has 0 fully saturated rings. The molecular formula is C18H14ClFN6O. The second-order valence-electron chi connectivity index (χ2n) is 5.29. The lowest BCUT2D eigenvalue weighted by Gasteiger charge is -2.09. The molecule has 1 amide bonds. The van der Waals surface area contributed by atoms with Gasteiger partial charge in [-0.2, -0.15) is 4.98 Å². The number of hydrogen-bond donors (Lipinski definition) is 3. The molecular weight excluding hydrogens is 371 g/mol. The van der Waals surface area contributed by atoms with Crippen LogP contribution in [-0.2, 0) is 4.79 Å². The van der Waals surface area contributed by atoms with E-state index in [1.165, 1.54) is 30.6 Å². The average molecular weight is 385 g/mol. The number of rotatable bonds is 6. The molecule has 3 rings (SSSR count). The SMILES string of the molecule is C=CC(=O)Nc1cccc(Nc2ncnc(Nc3ccc(F)c(Cl)c3)n2)c1. The first-order valence-electron chi connectivity index (χ1n) is 7.75. The predicted octanol–water partition coefficient (Wildman–Crippen LogP) is 4.28. The van der Waals surface area contributed by atoms with Crippen LogP contribution in [-0.4, -0.2) is 20.9 Å². The van der Waals surface area contributed by atoms with E-state index in [4.69, 9.17) is 11.6 Å². The largest absolute Gasteiger partial charge is 0.324 e. The van der Waals surface area contributed by atoms with Crippen molar-refractivity contribution in [3.8, 4) is 0 Å². The average Bonchev–Trinajstić information content (AvgIpc) is 2.65. The number of anilines is 5. The smallest absolute Gasteiger partial charge is 0.247 e. The van der Waals surface area contributed by atoms with Crippen LogP contribution in [0.15, 0.2) is 61.4 Å². The molecule has 9 heteroatoms. The zero-order valence-corrected chi connectivity index (χ0v) is 14.7. The summed E-state index contributed by atoms with van der Waals surface area (Å²) in [7, 11) is 0. The van der Waals surface area contributed by atoms with Crippen molar-refractivity contribution < 1.29 is 9.18 Å². The molecule has 3 N–H and O–H groups in total. The van der Waals surface area contributed by atoms with Crippen LogP contribution in [0.1, 0.15) is 0 Å². The van der Waals surface area contributed by atoms with E-state index in [1.807, 2.05) is 0 Å². The molecule has 1 aromatic heterocycles. The third-order valence-electron chi connectivity index (χ3n) is 3.32. The van der Waals surface area contributed by atoms with Crippen LogP contribution >= 0.6 is 11.6 Å². The highest BCUT2D eigenvalue weighted by Gasteiger charge is 2.06. The minimum Gasteiger partial charge on any atom is -0.324 e. The second kappa shape index (κ2) is 8.24. The molecule has 136 valence electrons. The summed E-state index contributed by atoms with van der Waals surface area (Å²) in [5, 5.41) is 8.60. The maximum absolute atomic E-state index is 13.2. The van der Waals surface area contributed by atoms with E-state index < -0.39 is 5.82 Å². The van der Waals surface area contributed by atoms with E-state index in [1.54, 1.807) is 24.3 Å². The van der Waals surface area contributed by atoms with Gasteiger partial charge in [0.1, 0.15) is 12.1 Å². The van der Waals surface area contributed by atoms with Crippen molar-refractivity contribution in [2.45, 2.75) is 0 Å². The Kier molecular flexibility index (Phi) is 5.58. The molecule has 0 radical (unpaired) electrons. The number of aromatic nitrogens is 3. The third kappa shape index (κ3) is 4.99. The van der Waals surface area contributed by atoms with Gasteiger partial charge in [-0.3, -0.25) is 4.79 Å². The summed E-state index contributed by atoms with van der Waals surface area (Å²) in [6.45, 7) is 3.41. The van der Waals surface area contributed by atoms with Gasteiger partial charge in [0.05, 0.1) is 5.02 Å². The number of nitrogens with zero attached hydrogens (tertiary/aromatic N) is 3. The van der Waals surface area contributed by atoms with Crippen LogP contribution in [0.5, 0.6) is 0 Å². The molecule has 3 aromatic rings. The normalized spacial score (nSPS) is 10.1. The Morgan fingerprint density at radius 2 is 1.70 bits per heavy atom. The summed E-state index contributed by atoms with van der Waals surface area (Å²) in [4.78, 5) is 23.7. The van der Waals surface area contributed by atoms with Crippen molar-refractivity contribution in [1.29, 1.82) is 0 Å². The highest BCUT2D eigenvalue weighted by Crippen LogP contribution is 2.22. The zero-order chi connectivity index (χ0) is 19.2. The van der Waals surface area contributed by atoms with Gasteiger partial charge in [0, 0.05) is 17.1 Å². The lowest BCUT2D eigenvalue weighted by molar-refractivity contribution is -0.111. The summed E-state index contributed by atoms with van der Waals surface area (Å²) in [6.07, 6.45) is 2.51.